The molecule has 0 aliphatic heterocycles. The maximum Gasteiger partial charge on any atom is 0.100 e. The topological polar surface area (TPSA) is 46.2 Å². The van der Waals surface area contributed by atoms with Crippen molar-refractivity contribution in [2.45, 2.75) is 6.10 Å². The van der Waals surface area contributed by atoms with E-state index in [0.29, 0.717) is 6.54 Å². The second-order valence-corrected chi connectivity index (χ2v) is 2.75. The minimum absolute atomic E-state index is 0.306. The molecule has 1 aromatic heterocycles. The van der Waals surface area contributed by atoms with E-state index in [1.165, 1.54) is 11.3 Å². The quantitative estimate of drug-likeness (QED) is 0.641. The third-order valence-electron chi connectivity index (χ3n) is 1.09. The SMILES string of the molecule is NC[C@@H](O)c1cccs1. The van der Waals surface area contributed by atoms with Gasteiger partial charge < -0.3 is 10.8 Å². The van der Waals surface area contributed by atoms with Gasteiger partial charge >= 0.3 is 0 Å². The molecule has 3 heteroatoms. The van der Waals surface area contributed by atoms with Crippen molar-refractivity contribution >= 4 is 11.3 Å². The Morgan fingerprint density at radius 2 is 2.56 bits per heavy atom. The molecular weight excluding hydrogens is 134 g/mol. The Labute approximate surface area is 57.9 Å². The van der Waals surface area contributed by atoms with E-state index in [-0.39, 0.29) is 0 Å². The molecule has 0 aliphatic carbocycles. The maximum absolute atomic E-state index is 9.10. The lowest BCUT2D eigenvalue weighted by Crippen LogP contribution is -2.09. The molecule has 0 saturated heterocycles. The van der Waals surface area contributed by atoms with Gasteiger partial charge in [0.05, 0.1) is 0 Å². The molecule has 0 unspecified atom stereocenters. The van der Waals surface area contributed by atoms with Gasteiger partial charge in [0, 0.05) is 11.4 Å². The molecule has 1 aromatic rings. The van der Waals surface area contributed by atoms with Crippen molar-refractivity contribution < 1.29 is 5.11 Å². The highest BCUT2D eigenvalue weighted by molar-refractivity contribution is 7.10. The lowest BCUT2D eigenvalue weighted by Gasteiger charge is -2.01. The van der Waals surface area contributed by atoms with Crippen LogP contribution in [0.25, 0.3) is 0 Å². The fourth-order valence-corrected chi connectivity index (χ4v) is 1.32. The Morgan fingerprint density at radius 1 is 1.78 bits per heavy atom. The van der Waals surface area contributed by atoms with Crippen molar-refractivity contribution in [1.29, 1.82) is 0 Å². The standard InChI is InChI=1S/C6H9NOS/c7-4-5(8)6-2-1-3-9-6/h1-3,5,8H,4,7H2/t5-/m1/s1. The first kappa shape index (κ1) is 6.74. The zero-order valence-electron chi connectivity index (χ0n) is 4.95. The molecule has 1 rings (SSSR count). The van der Waals surface area contributed by atoms with E-state index in [1.54, 1.807) is 0 Å². The second-order valence-electron chi connectivity index (χ2n) is 1.77. The van der Waals surface area contributed by atoms with E-state index in [2.05, 4.69) is 0 Å². The molecular formula is C6H9NOS. The van der Waals surface area contributed by atoms with Gasteiger partial charge in [0.25, 0.3) is 0 Å². The molecule has 1 atom stereocenters. The Hall–Kier alpha value is -0.380. The highest BCUT2D eigenvalue weighted by Crippen LogP contribution is 2.16. The Kier molecular flexibility index (Phi) is 2.22. The highest BCUT2D eigenvalue weighted by atomic mass is 32.1. The van der Waals surface area contributed by atoms with Crippen LogP contribution in [0.5, 0.6) is 0 Å². The minimum Gasteiger partial charge on any atom is -0.386 e. The summed E-state index contributed by atoms with van der Waals surface area (Å²) in [5, 5.41) is 11.0. The molecule has 0 bridgehead atoms. The van der Waals surface area contributed by atoms with E-state index >= 15 is 0 Å². The van der Waals surface area contributed by atoms with Crippen LogP contribution in [0.2, 0.25) is 0 Å². The molecule has 3 N–H and O–H groups in total. The predicted molar refractivity (Wildman–Crippen MR) is 38.3 cm³/mol. The summed E-state index contributed by atoms with van der Waals surface area (Å²) >= 11 is 1.53. The zero-order valence-corrected chi connectivity index (χ0v) is 5.77. The van der Waals surface area contributed by atoms with Gasteiger partial charge in [-0.1, -0.05) is 6.07 Å². The number of thiophene rings is 1. The number of aliphatic hydroxyl groups excluding tert-OH is 1. The molecule has 0 saturated carbocycles. The first-order valence-electron chi connectivity index (χ1n) is 2.76. The average Bonchev–Trinajstić information content (AvgIpc) is 2.37. The smallest absolute Gasteiger partial charge is 0.100 e. The summed E-state index contributed by atoms with van der Waals surface area (Å²) in [6, 6.07) is 3.78. The fourth-order valence-electron chi connectivity index (χ4n) is 0.597. The van der Waals surface area contributed by atoms with Crippen LogP contribution in [-0.2, 0) is 0 Å². The van der Waals surface area contributed by atoms with Gasteiger partial charge in [-0.25, -0.2) is 0 Å². The number of hydrogen-bond acceptors (Lipinski definition) is 3. The third kappa shape index (κ3) is 1.51. The molecule has 0 radical (unpaired) electrons. The minimum atomic E-state index is -0.468. The highest BCUT2D eigenvalue weighted by Gasteiger charge is 2.03. The van der Waals surface area contributed by atoms with Gasteiger partial charge in [-0.2, -0.15) is 0 Å². The van der Waals surface area contributed by atoms with Crippen molar-refractivity contribution in [2.24, 2.45) is 5.73 Å². The van der Waals surface area contributed by atoms with Crippen molar-refractivity contribution in [3.8, 4) is 0 Å². The monoisotopic (exact) mass is 143 g/mol. The number of nitrogens with two attached hydrogens (primary N) is 1. The van der Waals surface area contributed by atoms with E-state index in [0.717, 1.165) is 4.88 Å². The van der Waals surface area contributed by atoms with E-state index in [1.807, 2.05) is 17.5 Å². The van der Waals surface area contributed by atoms with Crippen LogP contribution in [0.1, 0.15) is 11.0 Å². The lowest BCUT2D eigenvalue weighted by atomic mass is 10.3. The van der Waals surface area contributed by atoms with Crippen LogP contribution in [0.4, 0.5) is 0 Å². The first-order chi connectivity index (χ1) is 4.34. The van der Waals surface area contributed by atoms with Gasteiger partial charge in [0.2, 0.25) is 0 Å². The van der Waals surface area contributed by atoms with Crippen LogP contribution in [-0.4, -0.2) is 11.7 Å². The largest absolute Gasteiger partial charge is 0.386 e. The first-order valence-corrected chi connectivity index (χ1v) is 3.64. The molecule has 2 nitrogen and oxygen atoms in total. The summed E-state index contributed by atoms with van der Waals surface area (Å²) in [5.74, 6) is 0. The summed E-state index contributed by atoms with van der Waals surface area (Å²) in [4.78, 5) is 0.942. The molecule has 0 spiro atoms. The Balaban J connectivity index is 2.65. The summed E-state index contributed by atoms with van der Waals surface area (Å²) in [5.41, 5.74) is 5.22. The van der Waals surface area contributed by atoms with E-state index in [4.69, 9.17) is 10.8 Å². The van der Waals surface area contributed by atoms with Crippen LogP contribution in [0.15, 0.2) is 17.5 Å². The normalized spacial score (nSPS) is 13.6. The number of hydrogen-bond donors (Lipinski definition) is 2. The van der Waals surface area contributed by atoms with Crippen molar-refractivity contribution in [2.75, 3.05) is 6.54 Å². The molecule has 9 heavy (non-hydrogen) atoms. The van der Waals surface area contributed by atoms with Crippen molar-refractivity contribution in [3.63, 3.8) is 0 Å². The van der Waals surface area contributed by atoms with Crippen molar-refractivity contribution in [3.05, 3.63) is 22.4 Å². The lowest BCUT2D eigenvalue weighted by molar-refractivity contribution is 0.190. The van der Waals surface area contributed by atoms with Crippen molar-refractivity contribution in [1.82, 2.24) is 0 Å². The Morgan fingerprint density at radius 3 is 3.00 bits per heavy atom. The second kappa shape index (κ2) is 2.96. The van der Waals surface area contributed by atoms with Gasteiger partial charge in [0.1, 0.15) is 6.10 Å². The number of aliphatic hydroxyl groups is 1. The zero-order chi connectivity index (χ0) is 6.69. The number of rotatable bonds is 2. The predicted octanol–water partition coefficient (Wildman–Crippen LogP) is 0.740. The fraction of sp³-hybridized carbons (Fsp3) is 0.333. The molecule has 1 heterocycles. The summed E-state index contributed by atoms with van der Waals surface area (Å²) in [6.07, 6.45) is -0.468. The van der Waals surface area contributed by atoms with Gasteiger partial charge in [0.15, 0.2) is 0 Å². The molecule has 0 fully saturated rings. The summed E-state index contributed by atoms with van der Waals surface area (Å²) < 4.78 is 0. The Bertz CT molecular complexity index is 162. The molecule has 50 valence electrons. The van der Waals surface area contributed by atoms with Gasteiger partial charge in [-0.15, -0.1) is 11.3 Å². The molecule has 0 aromatic carbocycles. The third-order valence-corrected chi connectivity index (χ3v) is 2.07. The van der Waals surface area contributed by atoms with Gasteiger partial charge in [-0.05, 0) is 11.4 Å². The van der Waals surface area contributed by atoms with Crippen LogP contribution >= 0.6 is 11.3 Å². The van der Waals surface area contributed by atoms with Crippen LogP contribution in [0.3, 0.4) is 0 Å². The molecule has 0 aliphatic rings. The molecule has 0 amide bonds. The summed E-state index contributed by atoms with van der Waals surface area (Å²) in [7, 11) is 0. The average molecular weight is 143 g/mol. The van der Waals surface area contributed by atoms with Crippen LogP contribution in [0, 0.1) is 0 Å². The summed E-state index contributed by atoms with van der Waals surface area (Å²) in [6.45, 7) is 0.306. The van der Waals surface area contributed by atoms with Crippen LogP contribution < -0.4 is 5.73 Å². The maximum atomic E-state index is 9.10. The van der Waals surface area contributed by atoms with Gasteiger partial charge in [-0.3, -0.25) is 0 Å². The van der Waals surface area contributed by atoms with E-state index < -0.39 is 6.10 Å². The van der Waals surface area contributed by atoms with E-state index in [9.17, 15) is 0 Å².